The predicted octanol–water partition coefficient (Wildman–Crippen LogP) is 5.22. The molecule has 0 spiro atoms. The second-order valence-electron chi connectivity index (χ2n) is 12.4. The number of pyridine rings is 1. The van der Waals surface area contributed by atoms with Gasteiger partial charge in [-0.3, -0.25) is 9.78 Å². The lowest BCUT2D eigenvalue weighted by molar-refractivity contribution is -0.119. The Morgan fingerprint density at radius 3 is 2.25 bits per heavy atom. The molecule has 2 saturated heterocycles. The van der Waals surface area contributed by atoms with Crippen molar-refractivity contribution in [1.29, 1.82) is 5.26 Å². The summed E-state index contributed by atoms with van der Waals surface area (Å²) in [5, 5.41) is 13.9. The zero-order chi connectivity index (χ0) is 31.2. The molecule has 0 saturated carbocycles. The molecule has 0 aliphatic carbocycles. The molecule has 2 aliphatic rings. The van der Waals surface area contributed by atoms with Gasteiger partial charge in [-0.15, -0.1) is 0 Å². The van der Waals surface area contributed by atoms with E-state index in [4.69, 9.17) is 0 Å². The highest BCUT2D eigenvalue weighted by Crippen LogP contribution is 2.43. The van der Waals surface area contributed by atoms with Crippen LogP contribution >= 0.6 is 0 Å². The number of nitrogens with zero attached hydrogens (tertiary/aromatic N) is 4. The minimum absolute atomic E-state index is 0.0267. The van der Waals surface area contributed by atoms with E-state index in [1.54, 1.807) is 19.1 Å². The van der Waals surface area contributed by atoms with Gasteiger partial charge in [-0.25, -0.2) is 8.42 Å². The van der Waals surface area contributed by atoms with Crippen molar-refractivity contribution < 1.29 is 13.2 Å². The summed E-state index contributed by atoms with van der Waals surface area (Å²) < 4.78 is 25.8. The minimum Gasteiger partial charge on any atom is -0.371 e. The molecule has 8 nitrogen and oxygen atoms in total. The van der Waals surface area contributed by atoms with Crippen molar-refractivity contribution in [2.75, 3.05) is 37.6 Å². The number of nitrogens with one attached hydrogen (secondary N) is 1. The molecule has 2 atom stereocenters. The number of anilines is 1. The fraction of sp³-hybridized carbons (Fsp3) is 0.457. The van der Waals surface area contributed by atoms with Gasteiger partial charge in [-0.2, -0.15) is 5.26 Å². The molecule has 1 unspecified atom stereocenters. The standard InChI is InChI=1S/C35H43N5O3S/c1-3-7-31(38-27(2)41)22-35(26-36,29-8-5-4-6-9-29)30-16-20-39(21-17-30)23-28-24-40(25-28)32-10-12-33(13-11-32)44(42,43)34-14-18-37-19-15-34/h4-6,8-15,18-19,28,30-31H,3,7,16-17,20-25H2,1-2H3,(H,38,41)/t31-,35?/m0/s1. The van der Waals surface area contributed by atoms with Gasteiger partial charge in [0.2, 0.25) is 15.7 Å². The van der Waals surface area contributed by atoms with Gasteiger partial charge in [0.05, 0.1) is 21.3 Å². The normalized spacial score (nSPS) is 18.5. The molecule has 9 heteroatoms. The Kier molecular flexibility index (Phi) is 10.0. The van der Waals surface area contributed by atoms with Crippen LogP contribution in [0.2, 0.25) is 0 Å². The SMILES string of the molecule is CCC[C@@H](CC(C#N)(c1ccccc1)C1CCN(CC2CN(c3ccc(S(=O)(=O)c4ccncc4)cc3)C2)CC1)NC(C)=O. The van der Waals surface area contributed by atoms with Gasteiger partial charge in [0.25, 0.3) is 0 Å². The number of aromatic nitrogens is 1. The second-order valence-corrected chi connectivity index (χ2v) is 14.3. The first-order valence-electron chi connectivity index (χ1n) is 15.7. The third kappa shape index (κ3) is 6.98. The molecular weight excluding hydrogens is 570 g/mol. The monoisotopic (exact) mass is 613 g/mol. The van der Waals surface area contributed by atoms with Crippen molar-refractivity contribution in [3.63, 3.8) is 0 Å². The van der Waals surface area contributed by atoms with Gasteiger partial charge in [0, 0.05) is 56.6 Å². The lowest BCUT2D eigenvalue weighted by Gasteiger charge is -2.46. The van der Waals surface area contributed by atoms with E-state index in [2.05, 4.69) is 45.2 Å². The van der Waals surface area contributed by atoms with E-state index in [1.807, 2.05) is 30.3 Å². The molecule has 1 amide bonds. The number of likely N-dealkylation sites (tertiary alicyclic amines) is 1. The number of benzene rings is 2. The third-order valence-corrected chi connectivity index (χ3v) is 11.1. The molecule has 3 aromatic rings. The number of amides is 1. The van der Waals surface area contributed by atoms with Crippen LogP contribution in [0.3, 0.4) is 0 Å². The number of rotatable bonds is 12. The molecule has 0 radical (unpaired) electrons. The number of hydrogen-bond acceptors (Lipinski definition) is 7. The van der Waals surface area contributed by atoms with E-state index < -0.39 is 15.3 Å². The summed E-state index contributed by atoms with van der Waals surface area (Å²) in [6.45, 7) is 8.50. The third-order valence-electron chi connectivity index (χ3n) is 9.33. The fourth-order valence-corrected chi connectivity index (χ4v) is 8.31. The van der Waals surface area contributed by atoms with E-state index in [1.165, 1.54) is 24.5 Å². The van der Waals surface area contributed by atoms with E-state index in [0.717, 1.165) is 69.7 Å². The van der Waals surface area contributed by atoms with Gasteiger partial charge >= 0.3 is 0 Å². The summed E-state index contributed by atoms with van der Waals surface area (Å²) in [6, 6.07) is 23.1. The summed E-state index contributed by atoms with van der Waals surface area (Å²) in [4.78, 5) is 21.3. The molecule has 3 heterocycles. The molecule has 5 rings (SSSR count). The Labute approximate surface area is 262 Å². The lowest BCUT2D eigenvalue weighted by atomic mass is 9.64. The van der Waals surface area contributed by atoms with E-state index in [-0.39, 0.29) is 27.7 Å². The summed E-state index contributed by atoms with van der Waals surface area (Å²) in [5.74, 6) is 0.730. The number of nitriles is 1. The zero-order valence-corrected chi connectivity index (χ0v) is 26.5. The van der Waals surface area contributed by atoms with Gasteiger partial charge in [-0.05, 0) is 86.7 Å². The van der Waals surface area contributed by atoms with Crippen LogP contribution in [0.5, 0.6) is 0 Å². The van der Waals surface area contributed by atoms with E-state index >= 15 is 0 Å². The van der Waals surface area contributed by atoms with Crippen LogP contribution in [0.4, 0.5) is 5.69 Å². The van der Waals surface area contributed by atoms with Gasteiger partial charge < -0.3 is 15.1 Å². The van der Waals surface area contributed by atoms with E-state index in [9.17, 15) is 18.5 Å². The number of carbonyl (C=O) groups excluding carboxylic acids is 1. The van der Waals surface area contributed by atoms with Crippen molar-refractivity contribution in [2.24, 2.45) is 11.8 Å². The highest BCUT2D eigenvalue weighted by atomic mass is 32.2. The average Bonchev–Trinajstić information content (AvgIpc) is 3.02. The number of hydrogen-bond donors (Lipinski definition) is 1. The van der Waals surface area contributed by atoms with Gasteiger partial charge in [0.15, 0.2) is 0 Å². The first kappa shape index (κ1) is 31.7. The van der Waals surface area contributed by atoms with Gasteiger partial charge in [0.1, 0.15) is 0 Å². The quantitative estimate of drug-likeness (QED) is 0.299. The number of carbonyl (C=O) groups is 1. The molecule has 232 valence electrons. The summed E-state index contributed by atoms with van der Waals surface area (Å²) in [5.41, 5.74) is 1.46. The van der Waals surface area contributed by atoms with Crippen LogP contribution in [0.15, 0.2) is 88.9 Å². The van der Waals surface area contributed by atoms with Crippen molar-refractivity contribution >= 4 is 21.4 Å². The summed E-state index contributed by atoms with van der Waals surface area (Å²) >= 11 is 0. The van der Waals surface area contributed by atoms with Crippen LogP contribution in [0.1, 0.15) is 51.5 Å². The Balaban J connectivity index is 1.17. The molecule has 1 aromatic heterocycles. The van der Waals surface area contributed by atoms with Crippen molar-refractivity contribution in [2.45, 2.75) is 67.2 Å². The average molecular weight is 614 g/mol. The Morgan fingerprint density at radius 2 is 1.66 bits per heavy atom. The lowest BCUT2D eigenvalue weighted by Crippen LogP contribution is -2.53. The predicted molar refractivity (Wildman–Crippen MR) is 172 cm³/mol. The van der Waals surface area contributed by atoms with E-state index in [0.29, 0.717) is 12.3 Å². The van der Waals surface area contributed by atoms with Crippen molar-refractivity contribution in [3.05, 3.63) is 84.7 Å². The zero-order valence-electron chi connectivity index (χ0n) is 25.7. The molecule has 0 bridgehead atoms. The largest absolute Gasteiger partial charge is 0.371 e. The number of piperidine rings is 1. The summed E-state index contributed by atoms with van der Waals surface area (Å²) in [7, 11) is -3.55. The van der Waals surface area contributed by atoms with Crippen LogP contribution in [0.25, 0.3) is 0 Å². The highest BCUT2D eigenvalue weighted by Gasteiger charge is 2.44. The number of sulfone groups is 1. The molecule has 1 N–H and O–H groups in total. The molecule has 2 fully saturated rings. The summed E-state index contributed by atoms with van der Waals surface area (Å²) in [6.07, 6.45) is 7.32. The molecule has 2 aliphatic heterocycles. The molecular formula is C35H43N5O3S. The van der Waals surface area contributed by atoms with Crippen molar-refractivity contribution in [1.82, 2.24) is 15.2 Å². The second kappa shape index (κ2) is 13.9. The molecule has 2 aromatic carbocycles. The highest BCUT2D eigenvalue weighted by molar-refractivity contribution is 7.91. The smallest absolute Gasteiger partial charge is 0.217 e. The minimum atomic E-state index is -3.55. The maximum absolute atomic E-state index is 12.9. The Hall–Kier alpha value is -3.74. The first-order valence-corrected chi connectivity index (χ1v) is 17.2. The first-order chi connectivity index (χ1) is 21.2. The van der Waals surface area contributed by atoms with Crippen LogP contribution < -0.4 is 10.2 Å². The maximum atomic E-state index is 12.9. The fourth-order valence-electron chi connectivity index (χ4n) is 7.07. The van der Waals surface area contributed by atoms with Gasteiger partial charge in [-0.1, -0.05) is 43.7 Å². The topological polar surface area (TPSA) is 106 Å². The van der Waals surface area contributed by atoms with Crippen molar-refractivity contribution in [3.8, 4) is 6.07 Å². The Morgan fingerprint density at radius 1 is 1.02 bits per heavy atom. The molecule has 44 heavy (non-hydrogen) atoms. The van der Waals surface area contributed by atoms with Crippen LogP contribution in [-0.2, 0) is 20.0 Å². The van der Waals surface area contributed by atoms with Crippen LogP contribution in [-0.4, -0.2) is 63.0 Å². The van der Waals surface area contributed by atoms with Crippen LogP contribution in [0, 0.1) is 23.2 Å². The maximum Gasteiger partial charge on any atom is 0.217 e. The Bertz CT molecular complexity index is 1530.